The van der Waals surface area contributed by atoms with E-state index in [0.29, 0.717) is 17.2 Å². The summed E-state index contributed by atoms with van der Waals surface area (Å²) in [5.41, 5.74) is 11.0. The number of carbonyl (C=O) groups is 1. The lowest BCUT2D eigenvalue weighted by molar-refractivity contribution is 0.0947. The zero-order valence-corrected chi connectivity index (χ0v) is 15.1. The van der Waals surface area contributed by atoms with Crippen molar-refractivity contribution < 1.29 is 4.79 Å². The van der Waals surface area contributed by atoms with Crippen LogP contribution in [0.5, 0.6) is 0 Å². The molecule has 3 N–H and O–H groups in total. The highest BCUT2D eigenvalue weighted by Crippen LogP contribution is 2.19. The molecule has 1 saturated heterocycles. The zero-order valence-electron chi connectivity index (χ0n) is 15.1. The van der Waals surface area contributed by atoms with Gasteiger partial charge in [0.1, 0.15) is 0 Å². The molecule has 132 valence electrons. The smallest absolute Gasteiger partial charge is 0.251 e. The van der Waals surface area contributed by atoms with Crippen molar-refractivity contribution in [3.8, 4) is 0 Å². The zero-order chi connectivity index (χ0) is 17.8. The van der Waals surface area contributed by atoms with Gasteiger partial charge in [0.2, 0.25) is 0 Å². The number of aryl methyl sites for hydroxylation is 2. The van der Waals surface area contributed by atoms with E-state index in [4.69, 9.17) is 5.73 Å². The number of carbonyl (C=O) groups excluding carboxylic acids is 1. The first kappa shape index (κ1) is 17.5. The molecule has 0 aliphatic carbocycles. The van der Waals surface area contributed by atoms with Gasteiger partial charge in [0.05, 0.1) is 0 Å². The largest absolute Gasteiger partial charge is 0.399 e. The molecule has 4 nitrogen and oxygen atoms in total. The minimum absolute atomic E-state index is 0.0418. The molecule has 25 heavy (non-hydrogen) atoms. The third-order valence-electron chi connectivity index (χ3n) is 5.05. The molecule has 4 heteroatoms. The maximum absolute atomic E-state index is 12.2. The molecule has 0 saturated carbocycles. The summed E-state index contributed by atoms with van der Waals surface area (Å²) in [5.74, 6) is 0.469. The number of nitrogens with one attached hydrogen (secondary N) is 1. The number of benzene rings is 2. The Kier molecular flexibility index (Phi) is 5.39. The Balaban J connectivity index is 1.48. The maximum atomic E-state index is 12.2. The molecule has 0 spiro atoms. The van der Waals surface area contributed by atoms with Crippen LogP contribution in [0.1, 0.15) is 33.5 Å². The van der Waals surface area contributed by atoms with E-state index in [9.17, 15) is 4.79 Å². The second-order valence-corrected chi connectivity index (χ2v) is 7.14. The van der Waals surface area contributed by atoms with Gasteiger partial charge in [-0.2, -0.15) is 0 Å². The number of anilines is 1. The van der Waals surface area contributed by atoms with Crippen molar-refractivity contribution in [2.24, 2.45) is 5.92 Å². The summed E-state index contributed by atoms with van der Waals surface area (Å²) in [5, 5.41) is 3.05. The number of nitrogens with two attached hydrogens (primary N) is 1. The number of hydrogen-bond acceptors (Lipinski definition) is 3. The first-order chi connectivity index (χ1) is 12.0. The molecule has 1 heterocycles. The SMILES string of the molecule is Cc1ccc(CN2CC[C@H](CNC(=O)c3cccc(N)c3)C2)cc1C. The van der Waals surface area contributed by atoms with Gasteiger partial charge in [-0.05, 0) is 67.6 Å². The Morgan fingerprint density at radius 1 is 1.20 bits per heavy atom. The molecule has 0 bridgehead atoms. The summed E-state index contributed by atoms with van der Waals surface area (Å²) in [6.45, 7) is 8.14. The summed E-state index contributed by atoms with van der Waals surface area (Å²) < 4.78 is 0. The standard InChI is InChI=1S/C21H27N3O/c1-15-6-7-17(10-16(15)2)13-24-9-8-18(14-24)12-23-21(25)19-4-3-5-20(22)11-19/h3-7,10-11,18H,8-9,12-14,22H2,1-2H3,(H,23,25)/t18-/m1/s1. The van der Waals surface area contributed by atoms with Crippen LogP contribution < -0.4 is 11.1 Å². The number of hydrogen-bond donors (Lipinski definition) is 2. The maximum Gasteiger partial charge on any atom is 0.251 e. The Morgan fingerprint density at radius 2 is 2.04 bits per heavy atom. The molecule has 0 radical (unpaired) electrons. The number of nitrogen functional groups attached to an aromatic ring is 1. The molecule has 1 aliphatic rings. The van der Waals surface area contributed by atoms with Crippen molar-refractivity contribution >= 4 is 11.6 Å². The highest BCUT2D eigenvalue weighted by molar-refractivity contribution is 5.94. The normalized spacial score (nSPS) is 17.6. The van der Waals surface area contributed by atoms with Gasteiger partial charge in [0, 0.05) is 30.9 Å². The quantitative estimate of drug-likeness (QED) is 0.824. The van der Waals surface area contributed by atoms with E-state index in [1.807, 2.05) is 6.07 Å². The van der Waals surface area contributed by atoms with Gasteiger partial charge in [-0.15, -0.1) is 0 Å². The average molecular weight is 337 g/mol. The monoisotopic (exact) mass is 337 g/mol. The van der Waals surface area contributed by atoms with Crippen LogP contribution >= 0.6 is 0 Å². The van der Waals surface area contributed by atoms with E-state index in [1.54, 1.807) is 18.2 Å². The van der Waals surface area contributed by atoms with Gasteiger partial charge < -0.3 is 11.1 Å². The van der Waals surface area contributed by atoms with Gasteiger partial charge in [0.25, 0.3) is 5.91 Å². The van der Waals surface area contributed by atoms with Crippen molar-refractivity contribution in [1.82, 2.24) is 10.2 Å². The lowest BCUT2D eigenvalue weighted by Gasteiger charge is -2.17. The fourth-order valence-corrected chi connectivity index (χ4v) is 3.40. The summed E-state index contributed by atoms with van der Waals surface area (Å²) in [4.78, 5) is 14.7. The van der Waals surface area contributed by atoms with Crippen molar-refractivity contribution in [1.29, 1.82) is 0 Å². The van der Waals surface area contributed by atoms with Crippen molar-refractivity contribution in [2.45, 2.75) is 26.8 Å². The molecule has 1 atom stereocenters. The second-order valence-electron chi connectivity index (χ2n) is 7.14. The Hall–Kier alpha value is -2.33. The van der Waals surface area contributed by atoms with Crippen molar-refractivity contribution in [3.63, 3.8) is 0 Å². The van der Waals surface area contributed by atoms with E-state index < -0.39 is 0 Å². The first-order valence-electron chi connectivity index (χ1n) is 8.93. The fourth-order valence-electron chi connectivity index (χ4n) is 3.40. The molecule has 1 amide bonds. The van der Waals surface area contributed by atoms with Crippen LogP contribution in [0.15, 0.2) is 42.5 Å². The predicted octanol–water partition coefficient (Wildman–Crippen LogP) is 3.14. The Bertz CT molecular complexity index is 757. The highest BCUT2D eigenvalue weighted by Gasteiger charge is 2.23. The van der Waals surface area contributed by atoms with Crippen LogP contribution in [-0.4, -0.2) is 30.4 Å². The number of likely N-dealkylation sites (tertiary alicyclic amines) is 1. The molecule has 3 rings (SSSR count). The van der Waals surface area contributed by atoms with Crippen LogP contribution in [0.2, 0.25) is 0 Å². The highest BCUT2D eigenvalue weighted by atomic mass is 16.1. The summed E-state index contributed by atoms with van der Waals surface area (Å²) in [7, 11) is 0. The predicted molar refractivity (Wildman–Crippen MR) is 102 cm³/mol. The summed E-state index contributed by atoms with van der Waals surface area (Å²) in [6, 6.07) is 13.8. The van der Waals surface area contributed by atoms with Crippen LogP contribution in [0.4, 0.5) is 5.69 Å². The Morgan fingerprint density at radius 3 is 2.80 bits per heavy atom. The number of nitrogens with zero attached hydrogens (tertiary/aromatic N) is 1. The molecule has 0 unspecified atom stereocenters. The van der Waals surface area contributed by atoms with Crippen molar-refractivity contribution in [2.75, 3.05) is 25.4 Å². The summed E-state index contributed by atoms with van der Waals surface area (Å²) >= 11 is 0. The van der Waals surface area contributed by atoms with E-state index in [2.05, 4.69) is 42.3 Å². The third kappa shape index (κ3) is 4.60. The van der Waals surface area contributed by atoms with Gasteiger partial charge in [-0.3, -0.25) is 9.69 Å². The molecule has 2 aromatic rings. The van der Waals surface area contributed by atoms with Crippen molar-refractivity contribution in [3.05, 3.63) is 64.7 Å². The molecule has 1 fully saturated rings. The lowest BCUT2D eigenvalue weighted by atomic mass is 10.1. The number of rotatable bonds is 5. The van der Waals surface area contributed by atoms with Gasteiger partial charge in [-0.25, -0.2) is 0 Å². The lowest BCUT2D eigenvalue weighted by Crippen LogP contribution is -2.31. The minimum Gasteiger partial charge on any atom is -0.399 e. The van der Waals surface area contributed by atoms with Crippen LogP contribution in [0.25, 0.3) is 0 Å². The molecule has 2 aromatic carbocycles. The second kappa shape index (κ2) is 7.70. The first-order valence-corrected chi connectivity index (χ1v) is 8.93. The topological polar surface area (TPSA) is 58.4 Å². The third-order valence-corrected chi connectivity index (χ3v) is 5.05. The van der Waals surface area contributed by atoms with Crippen LogP contribution in [-0.2, 0) is 6.54 Å². The van der Waals surface area contributed by atoms with E-state index in [-0.39, 0.29) is 5.91 Å². The minimum atomic E-state index is -0.0418. The van der Waals surface area contributed by atoms with Crippen LogP contribution in [0, 0.1) is 19.8 Å². The van der Waals surface area contributed by atoms with Gasteiger partial charge in [0.15, 0.2) is 0 Å². The average Bonchev–Trinajstić information content (AvgIpc) is 3.03. The molecule has 1 aliphatic heterocycles. The summed E-state index contributed by atoms with van der Waals surface area (Å²) in [6.07, 6.45) is 1.13. The molecular weight excluding hydrogens is 310 g/mol. The fraction of sp³-hybridized carbons (Fsp3) is 0.381. The van der Waals surface area contributed by atoms with Gasteiger partial charge >= 0.3 is 0 Å². The van der Waals surface area contributed by atoms with E-state index >= 15 is 0 Å². The van der Waals surface area contributed by atoms with Crippen LogP contribution in [0.3, 0.4) is 0 Å². The van der Waals surface area contributed by atoms with E-state index in [0.717, 1.165) is 32.6 Å². The number of amides is 1. The van der Waals surface area contributed by atoms with Gasteiger partial charge in [-0.1, -0.05) is 24.3 Å². The molecule has 0 aromatic heterocycles. The van der Waals surface area contributed by atoms with E-state index in [1.165, 1.54) is 16.7 Å². The molecular formula is C21H27N3O. The Labute approximate surface area is 150 Å².